The Morgan fingerprint density at radius 3 is 2.25 bits per heavy atom. The fraction of sp³-hybridized carbons (Fsp3) is 0.0667. The minimum absolute atomic E-state index is 0.0931. The number of primary amides is 1. The predicted molar refractivity (Wildman–Crippen MR) is 87.3 cm³/mol. The zero-order valence-electron chi connectivity index (χ0n) is 12.6. The number of ether oxygens (including phenoxy) is 1. The van der Waals surface area contributed by atoms with Crippen molar-refractivity contribution in [3.8, 4) is 5.75 Å². The molecule has 0 aliphatic heterocycles. The maximum absolute atomic E-state index is 12.3. The third-order valence-electron chi connectivity index (χ3n) is 3.01. The topological polar surface area (TPSA) is 128 Å². The molecule has 2 aromatic rings. The van der Waals surface area contributed by atoms with Gasteiger partial charge in [0.25, 0.3) is 15.9 Å². The molecule has 0 radical (unpaired) electrons. The van der Waals surface area contributed by atoms with E-state index in [4.69, 9.17) is 10.5 Å². The van der Waals surface area contributed by atoms with Crippen LogP contribution in [0, 0.1) is 0 Å². The van der Waals surface area contributed by atoms with Crippen LogP contribution in [0.5, 0.6) is 5.75 Å². The number of nitrogens with two attached hydrogens (primary N) is 1. The van der Waals surface area contributed by atoms with E-state index >= 15 is 0 Å². The largest absolute Gasteiger partial charge is 0.496 e. The average molecular weight is 349 g/mol. The molecule has 0 aromatic heterocycles. The van der Waals surface area contributed by atoms with Crippen molar-refractivity contribution in [1.29, 1.82) is 0 Å². The van der Waals surface area contributed by atoms with Crippen LogP contribution in [0.15, 0.2) is 53.4 Å². The van der Waals surface area contributed by atoms with Gasteiger partial charge in [-0.2, -0.15) is 0 Å². The van der Waals surface area contributed by atoms with Gasteiger partial charge in [-0.05, 0) is 36.4 Å². The van der Waals surface area contributed by atoms with Gasteiger partial charge < -0.3 is 15.8 Å². The number of carbonyl (C=O) groups is 2. The number of para-hydroxylation sites is 1. The average Bonchev–Trinajstić information content (AvgIpc) is 2.54. The zero-order valence-corrected chi connectivity index (χ0v) is 13.5. The van der Waals surface area contributed by atoms with Crippen molar-refractivity contribution in [2.75, 3.05) is 12.4 Å². The van der Waals surface area contributed by atoms with E-state index in [1.807, 2.05) is 4.72 Å². The van der Waals surface area contributed by atoms with E-state index in [9.17, 15) is 18.0 Å². The van der Waals surface area contributed by atoms with E-state index in [2.05, 4.69) is 5.32 Å². The van der Waals surface area contributed by atoms with Crippen LogP contribution < -0.4 is 20.5 Å². The number of benzene rings is 2. The first-order chi connectivity index (χ1) is 11.3. The van der Waals surface area contributed by atoms with Crippen LogP contribution in [0.25, 0.3) is 0 Å². The molecule has 0 saturated carbocycles. The number of anilines is 1. The van der Waals surface area contributed by atoms with Gasteiger partial charge in [0.05, 0.1) is 17.6 Å². The van der Waals surface area contributed by atoms with E-state index in [1.165, 1.54) is 37.4 Å². The van der Waals surface area contributed by atoms with Gasteiger partial charge >= 0.3 is 6.03 Å². The highest BCUT2D eigenvalue weighted by molar-refractivity contribution is 7.90. The van der Waals surface area contributed by atoms with E-state index < -0.39 is 22.0 Å². The smallest absolute Gasteiger partial charge is 0.316 e. The minimum Gasteiger partial charge on any atom is -0.496 e. The van der Waals surface area contributed by atoms with Gasteiger partial charge in [0.1, 0.15) is 5.75 Å². The highest BCUT2D eigenvalue weighted by Crippen LogP contribution is 2.19. The summed E-state index contributed by atoms with van der Waals surface area (Å²) in [6.07, 6.45) is 0. The van der Waals surface area contributed by atoms with E-state index in [0.717, 1.165) is 0 Å². The summed E-state index contributed by atoms with van der Waals surface area (Å²) in [6.45, 7) is 0. The molecular weight excluding hydrogens is 334 g/mol. The summed E-state index contributed by atoms with van der Waals surface area (Å²) < 4.78 is 31.5. The Balaban J connectivity index is 2.21. The Morgan fingerprint density at radius 1 is 1.04 bits per heavy atom. The molecule has 0 unspecified atom stereocenters. The summed E-state index contributed by atoms with van der Waals surface area (Å²) in [5.74, 6) is -0.557. The molecule has 0 heterocycles. The van der Waals surface area contributed by atoms with Gasteiger partial charge in [0.2, 0.25) is 0 Å². The summed E-state index contributed by atoms with van der Waals surface area (Å²) >= 11 is 0. The highest BCUT2D eigenvalue weighted by atomic mass is 32.2. The first-order valence-electron chi connectivity index (χ1n) is 6.70. The van der Waals surface area contributed by atoms with Crippen LogP contribution in [0.3, 0.4) is 0 Å². The molecule has 0 fully saturated rings. The lowest BCUT2D eigenvalue weighted by Gasteiger charge is -2.10. The molecule has 0 aliphatic carbocycles. The third-order valence-corrected chi connectivity index (χ3v) is 4.36. The van der Waals surface area contributed by atoms with Crippen molar-refractivity contribution in [3.63, 3.8) is 0 Å². The number of amides is 3. The molecule has 24 heavy (non-hydrogen) atoms. The molecule has 2 aromatic carbocycles. The van der Waals surface area contributed by atoms with Crippen LogP contribution in [0.1, 0.15) is 10.4 Å². The van der Waals surface area contributed by atoms with Gasteiger partial charge in [0, 0.05) is 5.69 Å². The predicted octanol–water partition coefficient (Wildman–Crippen LogP) is 1.30. The minimum atomic E-state index is -4.08. The van der Waals surface area contributed by atoms with Gasteiger partial charge in [-0.1, -0.05) is 12.1 Å². The number of carbonyl (C=O) groups excluding carboxylic acids is 2. The number of hydrogen-bond donors (Lipinski definition) is 3. The van der Waals surface area contributed by atoms with Crippen LogP contribution in [-0.4, -0.2) is 27.5 Å². The molecule has 4 N–H and O–H groups in total. The zero-order chi connectivity index (χ0) is 17.7. The Labute approximate surface area is 138 Å². The van der Waals surface area contributed by atoms with Crippen molar-refractivity contribution < 1.29 is 22.7 Å². The first kappa shape index (κ1) is 17.3. The molecule has 0 spiro atoms. The van der Waals surface area contributed by atoms with Crippen LogP contribution in [-0.2, 0) is 10.0 Å². The van der Waals surface area contributed by atoms with Crippen molar-refractivity contribution >= 4 is 27.6 Å². The highest BCUT2D eigenvalue weighted by Gasteiger charge is 2.20. The summed E-state index contributed by atoms with van der Waals surface area (Å²) in [5.41, 5.74) is 5.39. The molecule has 0 saturated heterocycles. The quantitative estimate of drug-likeness (QED) is 0.750. The van der Waals surface area contributed by atoms with Crippen molar-refractivity contribution in [3.05, 3.63) is 54.1 Å². The van der Waals surface area contributed by atoms with Crippen LogP contribution in [0.4, 0.5) is 10.5 Å². The van der Waals surface area contributed by atoms with Gasteiger partial charge in [0.15, 0.2) is 0 Å². The van der Waals surface area contributed by atoms with E-state index in [0.29, 0.717) is 5.69 Å². The molecule has 0 aliphatic rings. The summed E-state index contributed by atoms with van der Waals surface area (Å²) in [4.78, 5) is 22.8. The van der Waals surface area contributed by atoms with Crippen molar-refractivity contribution in [2.24, 2.45) is 5.73 Å². The normalized spacial score (nSPS) is 10.7. The molecule has 9 heteroatoms. The van der Waals surface area contributed by atoms with Gasteiger partial charge in [-0.15, -0.1) is 0 Å². The Bertz CT molecular complexity index is 863. The molecule has 126 valence electrons. The first-order valence-corrected chi connectivity index (χ1v) is 8.18. The third kappa shape index (κ3) is 4.02. The van der Waals surface area contributed by atoms with Gasteiger partial charge in [-0.3, -0.25) is 4.79 Å². The number of rotatable bonds is 5. The summed E-state index contributed by atoms with van der Waals surface area (Å²) in [7, 11) is -2.70. The Morgan fingerprint density at radius 2 is 1.67 bits per heavy atom. The monoisotopic (exact) mass is 349 g/mol. The SMILES string of the molecule is COc1ccccc1C(=O)NS(=O)(=O)c1ccc(NC(N)=O)cc1. The maximum Gasteiger partial charge on any atom is 0.316 e. The number of sulfonamides is 1. The molecule has 0 bridgehead atoms. The summed E-state index contributed by atoms with van der Waals surface area (Å²) in [6, 6.07) is 10.7. The fourth-order valence-corrected chi connectivity index (χ4v) is 2.89. The lowest BCUT2D eigenvalue weighted by Crippen LogP contribution is -2.30. The number of nitrogens with one attached hydrogen (secondary N) is 2. The second-order valence-electron chi connectivity index (χ2n) is 4.65. The number of urea groups is 1. The molecule has 0 atom stereocenters. The molecule has 8 nitrogen and oxygen atoms in total. The number of hydrogen-bond acceptors (Lipinski definition) is 5. The lowest BCUT2D eigenvalue weighted by molar-refractivity contribution is 0.0978. The second-order valence-corrected chi connectivity index (χ2v) is 6.33. The number of methoxy groups -OCH3 is 1. The van der Waals surface area contributed by atoms with Crippen molar-refractivity contribution in [2.45, 2.75) is 4.90 Å². The standard InChI is InChI=1S/C15H15N3O5S/c1-23-13-5-3-2-4-12(13)14(19)18-24(21,22)11-8-6-10(7-9-11)17-15(16)20/h2-9H,1H3,(H,18,19)(H3,16,17,20). The maximum atomic E-state index is 12.3. The molecule has 3 amide bonds. The second kappa shape index (κ2) is 7.01. The molecule has 2 rings (SSSR count). The fourth-order valence-electron chi connectivity index (χ4n) is 1.93. The van der Waals surface area contributed by atoms with Crippen LogP contribution >= 0.6 is 0 Å². The Kier molecular flexibility index (Phi) is 5.05. The van der Waals surface area contributed by atoms with Crippen molar-refractivity contribution in [1.82, 2.24) is 4.72 Å². The van der Waals surface area contributed by atoms with Crippen LogP contribution in [0.2, 0.25) is 0 Å². The lowest BCUT2D eigenvalue weighted by atomic mass is 10.2. The summed E-state index contributed by atoms with van der Waals surface area (Å²) in [5, 5.41) is 2.31. The van der Waals surface area contributed by atoms with Gasteiger partial charge in [-0.25, -0.2) is 17.9 Å². The van der Waals surface area contributed by atoms with E-state index in [-0.39, 0.29) is 16.2 Å². The van der Waals surface area contributed by atoms with E-state index in [1.54, 1.807) is 18.2 Å². The molecular formula is C15H15N3O5S. The Hall–Kier alpha value is -3.07.